The van der Waals surface area contributed by atoms with Crippen LogP contribution in [0, 0.1) is 12.7 Å². The van der Waals surface area contributed by atoms with E-state index >= 15 is 4.39 Å². The van der Waals surface area contributed by atoms with Gasteiger partial charge in [-0.2, -0.15) is 0 Å². The molecule has 1 N–H and O–H groups in total. The minimum Gasteiger partial charge on any atom is -0.542 e. The van der Waals surface area contributed by atoms with E-state index in [-0.39, 0.29) is 28.3 Å². The first-order chi connectivity index (χ1) is 18.4. The Labute approximate surface area is 229 Å². The fraction of sp³-hybridized carbons (Fsp3) is 0.290. The van der Waals surface area contributed by atoms with Crippen LogP contribution in [0.5, 0.6) is 5.75 Å². The van der Waals surface area contributed by atoms with Gasteiger partial charge in [0.1, 0.15) is 17.2 Å². The molecule has 0 saturated heterocycles. The van der Waals surface area contributed by atoms with E-state index in [1.807, 2.05) is 31.2 Å². The summed E-state index contributed by atoms with van der Waals surface area (Å²) >= 11 is 0. The quantitative estimate of drug-likeness (QED) is 0.219. The van der Waals surface area contributed by atoms with Gasteiger partial charge >= 0.3 is 0 Å². The zero-order valence-corrected chi connectivity index (χ0v) is 24.3. The van der Waals surface area contributed by atoms with Crippen LogP contribution in [0.2, 0.25) is 18.1 Å². The maximum atomic E-state index is 16.1. The number of hydrogen-bond acceptors (Lipinski definition) is 4. The van der Waals surface area contributed by atoms with Gasteiger partial charge in [-0.25, -0.2) is 9.37 Å². The summed E-state index contributed by atoms with van der Waals surface area (Å²) < 4.78 is 29.4. The number of nitrogens with zero attached hydrogens (tertiary/aromatic N) is 2. The van der Waals surface area contributed by atoms with Crippen LogP contribution < -0.4 is 9.99 Å². The number of H-pyrrole nitrogens is 1. The topological polar surface area (TPSA) is 73.0 Å². The molecule has 0 spiro atoms. The van der Waals surface area contributed by atoms with Crippen molar-refractivity contribution in [1.82, 2.24) is 14.5 Å². The monoisotopic (exact) mass is 543 g/mol. The standard InChI is InChI=1S/C31H34FN3O3Si/c1-20-10-7-11-21(16-20)17-24-29-34-25(18-22-12-9-15-37-22)30(36)35(29)26(19-33-24)23-13-8-14-27(28(23)32)38-39(5,6)31(2,3)4/h7-16,19,33H,17-18H2,1-6H3. The van der Waals surface area contributed by atoms with E-state index in [1.165, 1.54) is 4.57 Å². The van der Waals surface area contributed by atoms with E-state index in [0.29, 0.717) is 29.4 Å². The second-order valence-corrected chi connectivity index (χ2v) is 16.3. The number of rotatable bonds is 7. The molecule has 39 heavy (non-hydrogen) atoms. The summed E-state index contributed by atoms with van der Waals surface area (Å²) in [6.45, 7) is 12.5. The molecule has 2 aliphatic heterocycles. The Morgan fingerprint density at radius 2 is 1.85 bits per heavy atom. The minimum absolute atomic E-state index is 0.0960. The first-order valence-electron chi connectivity index (χ1n) is 13.1. The smallest absolute Gasteiger partial charge is 0.279 e. The zero-order valence-electron chi connectivity index (χ0n) is 23.3. The second-order valence-electron chi connectivity index (χ2n) is 11.6. The van der Waals surface area contributed by atoms with Crippen LogP contribution in [0.25, 0.3) is 17.1 Å². The van der Waals surface area contributed by atoms with Crippen LogP contribution in [0.4, 0.5) is 4.39 Å². The van der Waals surface area contributed by atoms with Gasteiger partial charge in [0.15, 0.2) is 11.6 Å². The van der Waals surface area contributed by atoms with E-state index in [0.717, 1.165) is 16.8 Å². The molecule has 1 aromatic heterocycles. The molecule has 0 radical (unpaired) electrons. The SMILES string of the molecule is Cc1cccc(Cc2[nH]cc(-c3cccc(O[Si](C)(C)C(C)(C)C)c3F)n3c(=O)c(Cc4ccco4)nc2-3)c1. The Morgan fingerprint density at radius 3 is 2.54 bits per heavy atom. The minimum atomic E-state index is -2.29. The van der Waals surface area contributed by atoms with Crippen molar-refractivity contribution in [2.24, 2.45) is 0 Å². The lowest BCUT2D eigenvalue weighted by atomic mass is 10.1. The molecule has 202 valence electrons. The van der Waals surface area contributed by atoms with Gasteiger partial charge in [0, 0.05) is 18.2 Å². The lowest BCUT2D eigenvalue weighted by Crippen LogP contribution is -2.44. The molecule has 2 aromatic carbocycles. The number of imidazole rings is 1. The highest BCUT2D eigenvalue weighted by molar-refractivity contribution is 6.74. The summed E-state index contributed by atoms with van der Waals surface area (Å²) in [5.74, 6) is 0.802. The van der Waals surface area contributed by atoms with Crippen molar-refractivity contribution >= 4 is 8.32 Å². The van der Waals surface area contributed by atoms with E-state index in [4.69, 9.17) is 13.8 Å². The van der Waals surface area contributed by atoms with Gasteiger partial charge in [-0.05, 0) is 54.9 Å². The molecule has 0 atom stereocenters. The molecule has 0 aliphatic carbocycles. The second kappa shape index (κ2) is 10.0. The van der Waals surface area contributed by atoms with E-state index in [1.54, 1.807) is 36.7 Å². The molecule has 5 rings (SSSR count). The van der Waals surface area contributed by atoms with Gasteiger partial charge in [-0.3, -0.25) is 9.36 Å². The number of aromatic amines is 1. The highest BCUT2D eigenvalue weighted by atomic mass is 28.4. The molecule has 6 nitrogen and oxygen atoms in total. The van der Waals surface area contributed by atoms with Crippen LogP contribution in [-0.2, 0) is 12.8 Å². The number of halogens is 1. The maximum Gasteiger partial charge on any atom is 0.279 e. The van der Waals surface area contributed by atoms with Gasteiger partial charge in [0.25, 0.3) is 13.9 Å². The van der Waals surface area contributed by atoms with Crippen molar-refractivity contribution in [3.05, 3.63) is 112 Å². The van der Waals surface area contributed by atoms with Crippen LogP contribution in [-0.4, -0.2) is 22.9 Å². The van der Waals surface area contributed by atoms with Crippen molar-refractivity contribution in [3.63, 3.8) is 0 Å². The normalized spacial score (nSPS) is 12.3. The van der Waals surface area contributed by atoms with Crippen LogP contribution in [0.15, 0.2) is 76.3 Å². The summed E-state index contributed by atoms with van der Waals surface area (Å²) in [5, 5.41) is -0.0960. The molecule has 0 amide bonds. The lowest BCUT2D eigenvalue weighted by Gasteiger charge is -2.36. The molecule has 0 unspecified atom stereocenters. The fourth-order valence-electron chi connectivity index (χ4n) is 4.42. The Bertz CT molecular complexity index is 1640. The predicted molar refractivity (Wildman–Crippen MR) is 154 cm³/mol. The van der Waals surface area contributed by atoms with Crippen molar-refractivity contribution in [1.29, 1.82) is 0 Å². The average Bonchev–Trinajstić information content (AvgIpc) is 3.49. The van der Waals surface area contributed by atoms with Crippen LogP contribution in [0.1, 0.15) is 49.0 Å². The molecular weight excluding hydrogens is 509 g/mol. The van der Waals surface area contributed by atoms with Gasteiger partial charge in [0.2, 0.25) is 0 Å². The lowest BCUT2D eigenvalue weighted by molar-refractivity contribution is 0.458. The van der Waals surface area contributed by atoms with Gasteiger partial charge in [-0.15, -0.1) is 0 Å². The molecule has 0 bridgehead atoms. The Morgan fingerprint density at radius 1 is 1.08 bits per heavy atom. The van der Waals surface area contributed by atoms with Gasteiger partial charge in [0.05, 0.1) is 24.1 Å². The Balaban J connectivity index is 1.65. The Hall–Kier alpha value is -3.91. The number of hydrogen-bond donors (Lipinski definition) is 1. The van der Waals surface area contributed by atoms with Crippen LogP contribution >= 0.6 is 0 Å². The van der Waals surface area contributed by atoms with Gasteiger partial charge in [-0.1, -0.05) is 56.7 Å². The predicted octanol–water partition coefficient (Wildman–Crippen LogP) is 7.27. The zero-order chi connectivity index (χ0) is 27.9. The average molecular weight is 544 g/mol. The summed E-state index contributed by atoms with van der Waals surface area (Å²) in [5.41, 5.74) is 3.69. The summed E-state index contributed by atoms with van der Waals surface area (Å²) in [6, 6.07) is 16.9. The van der Waals surface area contributed by atoms with E-state index < -0.39 is 14.1 Å². The van der Waals surface area contributed by atoms with Crippen LogP contribution in [0.3, 0.4) is 0 Å². The summed E-state index contributed by atoms with van der Waals surface area (Å²) in [6.07, 6.45) is 4.04. The first-order valence-corrected chi connectivity index (χ1v) is 16.0. The molecule has 2 aliphatic rings. The number of nitrogens with one attached hydrogen (secondary N) is 1. The van der Waals surface area contributed by atoms with Gasteiger partial charge < -0.3 is 13.8 Å². The maximum absolute atomic E-state index is 16.1. The van der Waals surface area contributed by atoms with Crippen molar-refractivity contribution in [2.45, 2.75) is 58.7 Å². The third-order valence-corrected chi connectivity index (χ3v) is 11.9. The number of aromatic nitrogens is 3. The number of benzene rings is 2. The van der Waals surface area contributed by atoms with E-state index in [9.17, 15) is 4.79 Å². The largest absolute Gasteiger partial charge is 0.542 e. The molecular formula is C31H34FN3O3Si. The Kier molecular flexibility index (Phi) is 6.84. The number of fused-ring (bicyclic) bond motifs is 1. The summed E-state index contributed by atoms with van der Waals surface area (Å²) in [4.78, 5) is 21.8. The third-order valence-electron chi connectivity index (χ3n) is 7.59. The number of aryl methyl sites for hydroxylation is 1. The van der Waals surface area contributed by atoms with Crippen molar-refractivity contribution < 1.29 is 13.2 Å². The van der Waals surface area contributed by atoms with E-state index in [2.05, 4.69) is 44.9 Å². The highest BCUT2D eigenvalue weighted by Gasteiger charge is 2.39. The summed E-state index contributed by atoms with van der Waals surface area (Å²) in [7, 11) is -2.29. The van der Waals surface area contributed by atoms with Crippen molar-refractivity contribution in [2.75, 3.05) is 0 Å². The van der Waals surface area contributed by atoms with Crippen molar-refractivity contribution in [3.8, 4) is 22.8 Å². The molecule has 0 saturated carbocycles. The third kappa shape index (κ3) is 5.21. The molecule has 3 aromatic rings. The molecule has 3 heterocycles. The number of furan rings is 1. The molecule has 8 heteroatoms. The highest BCUT2D eigenvalue weighted by Crippen LogP contribution is 2.39. The first kappa shape index (κ1) is 26.7. The fourth-order valence-corrected chi connectivity index (χ4v) is 5.44. The molecule has 0 fully saturated rings.